The third-order valence-corrected chi connectivity index (χ3v) is 4.12. The SMILES string of the molecule is CCC(CCN(C)C(C)C)S(C)=O. The standard InChI is InChI=1S/C10H23NOS/c1-6-10(13(5)12)7-8-11(4)9(2)3/h9-10H,6-8H2,1-5H3. The van der Waals surface area contributed by atoms with Crippen LogP contribution < -0.4 is 0 Å². The van der Waals surface area contributed by atoms with Crippen LogP contribution in [0.1, 0.15) is 33.6 Å². The molecule has 0 spiro atoms. The highest BCUT2D eigenvalue weighted by molar-refractivity contribution is 7.84. The lowest BCUT2D eigenvalue weighted by Gasteiger charge is -2.22. The number of hydrogen-bond donors (Lipinski definition) is 0. The first-order chi connectivity index (χ1) is 5.99. The van der Waals surface area contributed by atoms with E-state index in [1.807, 2.05) is 6.26 Å². The van der Waals surface area contributed by atoms with Gasteiger partial charge in [-0.25, -0.2) is 0 Å². The van der Waals surface area contributed by atoms with Gasteiger partial charge >= 0.3 is 0 Å². The summed E-state index contributed by atoms with van der Waals surface area (Å²) in [6.07, 6.45) is 3.88. The highest BCUT2D eigenvalue weighted by Gasteiger charge is 2.12. The molecule has 3 heteroatoms. The summed E-state index contributed by atoms with van der Waals surface area (Å²) in [4.78, 5) is 2.30. The van der Waals surface area contributed by atoms with Gasteiger partial charge in [0, 0.05) is 28.3 Å². The zero-order chi connectivity index (χ0) is 10.4. The molecular weight excluding hydrogens is 182 g/mol. The maximum atomic E-state index is 11.2. The highest BCUT2D eigenvalue weighted by atomic mass is 32.2. The van der Waals surface area contributed by atoms with Gasteiger partial charge < -0.3 is 4.90 Å². The molecule has 0 aliphatic rings. The van der Waals surface area contributed by atoms with Crippen LogP contribution in [0.5, 0.6) is 0 Å². The summed E-state index contributed by atoms with van der Waals surface area (Å²) in [6, 6.07) is 0.586. The molecule has 0 aromatic carbocycles. The van der Waals surface area contributed by atoms with Gasteiger partial charge in [0.05, 0.1) is 0 Å². The van der Waals surface area contributed by atoms with Crippen molar-refractivity contribution < 1.29 is 4.21 Å². The fraction of sp³-hybridized carbons (Fsp3) is 1.00. The number of rotatable bonds is 6. The molecule has 0 aliphatic carbocycles. The van der Waals surface area contributed by atoms with Crippen LogP contribution in [0, 0.1) is 0 Å². The van der Waals surface area contributed by atoms with Gasteiger partial charge in [0.25, 0.3) is 0 Å². The lowest BCUT2D eigenvalue weighted by atomic mass is 10.2. The van der Waals surface area contributed by atoms with Crippen LogP contribution in [0.3, 0.4) is 0 Å². The molecule has 0 saturated heterocycles. The molecule has 2 nitrogen and oxygen atoms in total. The summed E-state index contributed by atoms with van der Waals surface area (Å²) in [6.45, 7) is 7.53. The van der Waals surface area contributed by atoms with E-state index in [2.05, 4.69) is 32.7 Å². The van der Waals surface area contributed by atoms with E-state index in [-0.39, 0.29) is 0 Å². The van der Waals surface area contributed by atoms with Gasteiger partial charge in [0.15, 0.2) is 0 Å². The molecule has 0 heterocycles. The summed E-state index contributed by atoms with van der Waals surface area (Å²) in [5.41, 5.74) is 0. The van der Waals surface area contributed by atoms with Crippen LogP contribution in [0.25, 0.3) is 0 Å². The van der Waals surface area contributed by atoms with Gasteiger partial charge in [0.1, 0.15) is 0 Å². The third-order valence-electron chi connectivity index (χ3n) is 2.61. The van der Waals surface area contributed by atoms with E-state index in [4.69, 9.17) is 0 Å². The van der Waals surface area contributed by atoms with Gasteiger partial charge in [-0.2, -0.15) is 0 Å². The normalized spacial score (nSPS) is 16.5. The van der Waals surface area contributed by atoms with Gasteiger partial charge in [-0.15, -0.1) is 0 Å². The summed E-state index contributed by atoms with van der Waals surface area (Å²) >= 11 is 0. The minimum atomic E-state index is -0.660. The second-order valence-corrected chi connectivity index (χ2v) is 5.56. The van der Waals surface area contributed by atoms with Crippen molar-refractivity contribution in [3.63, 3.8) is 0 Å². The van der Waals surface area contributed by atoms with Crippen molar-refractivity contribution in [1.29, 1.82) is 0 Å². The Morgan fingerprint density at radius 3 is 2.23 bits per heavy atom. The third kappa shape index (κ3) is 5.42. The molecule has 0 rings (SSSR count). The quantitative estimate of drug-likeness (QED) is 0.660. The molecule has 0 aliphatic heterocycles. The van der Waals surface area contributed by atoms with Crippen molar-refractivity contribution in [3.8, 4) is 0 Å². The largest absolute Gasteiger partial charge is 0.304 e. The van der Waals surface area contributed by atoms with Crippen LogP contribution in [-0.4, -0.2) is 40.2 Å². The molecule has 2 unspecified atom stereocenters. The van der Waals surface area contributed by atoms with E-state index in [1.54, 1.807) is 0 Å². The monoisotopic (exact) mass is 205 g/mol. The maximum Gasteiger partial charge on any atom is 0.0354 e. The zero-order valence-electron chi connectivity index (χ0n) is 9.54. The first-order valence-electron chi connectivity index (χ1n) is 5.01. The highest BCUT2D eigenvalue weighted by Crippen LogP contribution is 2.07. The molecule has 0 aromatic heterocycles. The van der Waals surface area contributed by atoms with Crippen LogP contribution in [0.4, 0.5) is 0 Å². The molecule has 80 valence electrons. The Labute approximate surface area is 85.2 Å². The Bertz CT molecular complexity index is 159. The first-order valence-corrected chi connectivity index (χ1v) is 6.63. The zero-order valence-corrected chi connectivity index (χ0v) is 10.4. The van der Waals surface area contributed by atoms with Gasteiger partial charge in [-0.05, 0) is 40.3 Å². The van der Waals surface area contributed by atoms with Crippen molar-refractivity contribution in [3.05, 3.63) is 0 Å². The summed E-state index contributed by atoms with van der Waals surface area (Å²) in [7, 11) is 1.46. The Morgan fingerprint density at radius 2 is 1.92 bits per heavy atom. The van der Waals surface area contributed by atoms with Crippen LogP contribution in [-0.2, 0) is 10.8 Å². The fourth-order valence-electron chi connectivity index (χ4n) is 1.21. The Hall–Kier alpha value is 0.110. The second kappa shape index (κ2) is 6.55. The maximum absolute atomic E-state index is 11.2. The van der Waals surface area contributed by atoms with Gasteiger partial charge in [0.2, 0.25) is 0 Å². The van der Waals surface area contributed by atoms with Crippen LogP contribution in [0.2, 0.25) is 0 Å². The molecule has 2 atom stereocenters. The van der Waals surface area contributed by atoms with E-state index in [1.165, 1.54) is 0 Å². The van der Waals surface area contributed by atoms with Gasteiger partial charge in [-0.3, -0.25) is 4.21 Å². The Morgan fingerprint density at radius 1 is 1.38 bits per heavy atom. The smallest absolute Gasteiger partial charge is 0.0354 e. The topological polar surface area (TPSA) is 20.3 Å². The van der Waals surface area contributed by atoms with Crippen LogP contribution >= 0.6 is 0 Å². The Balaban J connectivity index is 3.78. The van der Waals surface area contributed by atoms with Crippen molar-refractivity contribution in [1.82, 2.24) is 4.90 Å². The predicted octanol–water partition coefficient (Wildman–Crippen LogP) is 1.87. The minimum Gasteiger partial charge on any atom is -0.304 e. The van der Waals surface area contributed by atoms with E-state index in [0.717, 1.165) is 19.4 Å². The molecule has 13 heavy (non-hydrogen) atoms. The summed E-state index contributed by atoms with van der Waals surface area (Å²) in [5, 5.41) is 0.376. The number of hydrogen-bond acceptors (Lipinski definition) is 2. The fourth-order valence-corrected chi connectivity index (χ4v) is 2.12. The molecule has 0 fully saturated rings. The van der Waals surface area contributed by atoms with E-state index in [0.29, 0.717) is 11.3 Å². The molecule has 0 radical (unpaired) electrons. The predicted molar refractivity (Wildman–Crippen MR) is 60.5 cm³/mol. The average Bonchev–Trinajstić information content (AvgIpc) is 2.04. The van der Waals surface area contributed by atoms with Gasteiger partial charge in [-0.1, -0.05) is 6.92 Å². The molecule has 0 saturated carbocycles. The van der Waals surface area contributed by atoms with Crippen molar-refractivity contribution in [2.24, 2.45) is 0 Å². The molecule has 0 bridgehead atoms. The summed E-state index contributed by atoms with van der Waals surface area (Å²) < 4.78 is 11.2. The number of nitrogens with zero attached hydrogens (tertiary/aromatic N) is 1. The van der Waals surface area contributed by atoms with Crippen LogP contribution in [0.15, 0.2) is 0 Å². The van der Waals surface area contributed by atoms with E-state index >= 15 is 0 Å². The molecule has 0 amide bonds. The van der Waals surface area contributed by atoms with Crippen molar-refractivity contribution in [2.75, 3.05) is 19.8 Å². The average molecular weight is 205 g/mol. The first kappa shape index (κ1) is 13.1. The summed E-state index contributed by atoms with van der Waals surface area (Å²) in [5.74, 6) is 0. The van der Waals surface area contributed by atoms with Crippen molar-refractivity contribution in [2.45, 2.75) is 44.9 Å². The lowest BCUT2D eigenvalue weighted by Crippen LogP contribution is -2.30. The van der Waals surface area contributed by atoms with E-state index < -0.39 is 10.8 Å². The minimum absolute atomic E-state index is 0.376. The lowest BCUT2D eigenvalue weighted by molar-refractivity contribution is 0.269. The Kier molecular flexibility index (Phi) is 6.60. The van der Waals surface area contributed by atoms with E-state index in [9.17, 15) is 4.21 Å². The van der Waals surface area contributed by atoms with Crippen molar-refractivity contribution >= 4 is 10.8 Å². The second-order valence-electron chi connectivity index (χ2n) is 3.89. The molecule has 0 aromatic rings. The molecule has 0 N–H and O–H groups in total. The molecular formula is C10H23NOS.